The van der Waals surface area contributed by atoms with Crippen LogP contribution in [0.3, 0.4) is 0 Å². The molecule has 1 amide bonds. The quantitative estimate of drug-likeness (QED) is 0.758. The van der Waals surface area contributed by atoms with E-state index < -0.39 is 5.60 Å². The maximum absolute atomic E-state index is 11.0. The van der Waals surface area contributed by atoms with E-state index in [1.165, 1.54) is 6.42 Å². The third-order valence-electron chi connectivity index (χ3n) is 2.80. The van der Waals surface area contributed by atoms with Crippen LogP contribution in [0.15, 0.2) is 0 Å². The molecule has 0 aromatic rings. The van der Waals surface area contributed by atoms with Gasteiger partial charge in [0.1, 0.15) is 0 Å². The minimum atomic E-state index is -0.671. The number of nitrogens with one attached hydrogen (secondary N) is 1. The molecule has 0 saturated heterocycles. The van der Waals surface area contributed by atoms with Crippen molar-refractivity contribution in [3.8, 4) is 0 Å². The summed E-state index contributed by atoms with van der Waals surface area (Å²) in [6.45, 7) is 2.54. The Kier molecular flexibility index (Phi) is 4.38. The average molecular weight is 264 g/mol. The number of alkyl halides is 1. The molecule has 0 aromatic heterocycles. The molecule has 1 rings (SSSR count). The molecule has 2 atom stereocenters. The lowest BCUT2D eigenvalue weighted by Crippen LogP contribution is -2.46. The van der Waals surface area contributed by atoms with Crippen molar-refractivity contribution in [1.82, 2.24) is 5.32 Å². The smallest absolute Gasteiger partial charge is 0.230 e. The largest absolute Gasteiger partial charge is 0.388 e. The summed E-state index contributed by atoms with van der Waals surface area (Å²) in [5.74, 6) is 0.506. The van der Waals surface area contributed by atoms with Gasteiger partial charge in [0, 0.05) is 6.54 Å². The molecule has 0 heterocycles. The Labute approximate surface area is 93.4 Å². The fourth-order valence-electron chi connectivity index (χ4n) is 2.10. The standard InChI is InChI=1S/C10H18BrNO2/c1-8-3-2-4-10(14,5-8)7-12-9(13)6-11/h8,14H,2-7H2,1H3,(H,12,13). The van der Waals surface area contributed by atoms with Crippen LogP contribution < -0.4 is 5.32 Å². The van der Waals surface area contributed by atoms with E-state index in [0.29, 0.717) is 17.8 Å². The van der Waals surface area contributed by atoms with Crippen molar-refractivity contribution in [1.29, 1.82) is 0 Å². The summed E-state index contributed by atoms with van der Waals surface area (Å²) >= 11 is 3.08. The maximum Gasteiger partial charge on any atom is 0.230 e. The Morgan fingerprint density at radius 1 is 1.71 bits per heavy atom. The third-order valence-corrected chi connectivity index (χ3v) is 3.31. The van der Waals surface area contributed by atoms with Gasteiger partial charge in [0.25, 0.3) is 0 Å². The Morgan fingerprint density at radius 2 is 2.43 bits per heavy atom. The summed E-state index contributed by atoms with van der Waals surface area (Å²) in [4.78, 5) is 11.0. The van der Waals surface area contributed by atoms with Crippen molar-refractivity contribution >= 4 is 21.8 Å². The van der Waals surface area contributed by atoms with Gasteiger partial charge in [-0.25, -0.2) is 0 Å². The number of hydrogen-bond acceptors (Lipinski definition) is 2. The molecule has 2 unspecified atom stereocenters. The normalized spacial score (nSPS) is 32.6. The molecular formula is C10H18BrNO2. The molecule has 0 aliphatic heterocycles. The van der Waals surface area contributed by atoms with E-state index in [4.69, 9.17) is 0 Å². The van der Waals surface area contributed by atoms with Crippen LogP contribution in [0, 0.1) is 5.92 Å². The molecule has 2 N–H and O–H groups in total. The van der Waals surface area contributed by atoms with Gasteiger partial charge in [-0.05, 0) is 18.8 Å². The van der Waals surface area contributed by atoms with Crippen LogP contribution in [0.1, 0.15) is 32.6 Å². The first-order chi connectivity index (χ1) is 6.56. The Balaban J connectivity index is 2.37. The minimum Gasteiger partial charge on any atom is -0.388 e. The van der Waals surface area contributed by atoms with E-state index >= 15 is 0 Å². The molecule has 1 fully saturated rings. The number of carbonyl (C=O) groups excluding carboxylic acids is 1. The molecule has 1 aliphatic rings. The van der Waals surface area contributed by atoms with Crippen molar-refractivity contribution in [2.75, 3.05) is 11.9 Å². The summed E-state index contributed by atoms with van der Waals surface area (Å²) in [7, 11) is 0. The van der Waals surface area contributed by atoms with Crippen LogP contribution in [0.2, 0.25) is 0 Å². The highest BCUT2D eigenvalue weighted by Gasteiger charge is 2.32. The molecule has 0 aromatic carbocycles. The van der Waals surface area contributed by atoms with Gasteiger partial charge < -0.3 is 10.4 Å². The second-order valence-corrected chi connectivity index (χ2v) is 4.90. The highest BCUT2D eigenvalue weighted by Crippen LogP contribution is 2.31. The van der Waals surface area contributed by atoms with Gasteiger partial charge in [-0.2, -0.15) is 0 Å². The lowest BCUT2D eigenvalue weighted by Gasteiger charge is -2.35. The molecule has 4 heteroatoms. The average Bonchev–Trinajstić information content (AvgIpc) is 2.14. The zero-order valence-corrected chi connectivity index (χ0v) is 10.1. The van der Waals surface area contributed by atoms with Gasteiger partial charge in [0.2, 0.25) is 5.91 Å². The molecule has 14 heavy (non-hydrogen) atoms. The van der Waals surface area contributed by atoms with Crippen molar-refractivity contribution in [3.05, 3.63) is 0 Å². The topological polar surface area (TPSA) is 49.3 Å². The SMILES string of the molecule is CC1CCCC(O)(CNC(=O)CBr)C1. The van der Waals surface area contributed by atoms with Gasteiger partial charge >= 0.3 is 0 Å². The summed E-state index contributed by atoms with van der Waals surface area (Å²) in [6.07, 6.45) is 3.85. The first-order valence-electron chi connectivity index (χ1n) is 5.11. The Hall–Kier alpha value is -0.0900. The highest BCUT2D eigenvalue weighted by atomic mass is 79.9. The zero-order chi connectivity index (χ0) is 10.6. The van der Waals surface area contributed by atoms with E-state index in [-0.39, 0.29) is 5.91 Å². The number of amides is 1. The maximum atomic E-state index is 11.0. The summed E-state index contributed by atoms with van der Waals surface area (Å²) in [5.41, 5.74) is -0.671. The highest BCUT2D eigenvalue weighted by molar-refractivity contribution is 9.09. The number of rotatable bonds is 3. The molecule has 82 valence electrons. The molecule has 0 spiro atoms. The Bertz CT molecular complexity index is 210. The monoisotopic (exact) mass is 263 g/mol. The summed E-state index contributed by atoms with van der Waals surface area (Å²) in [6, 6.07) is 0. The molecule has 1 aliphatic carbocycles. The van der Waals surface area contributed by atoms with Crippen LogP contribution in [0.25, 0.3) is 0 Å². The fraction of sp³-hybridized carbons (Fsp3) is 0.900. The number of aliphatic hydroxyl groups is 1. The fourth-order valence-corrected chi connectivity index (χ4v) is 2.30. The number of carbonyl (C=O) groups is 1. The van der Waals surface area contributed by atoms with Crippen molar-refractivity contribution in [2.45, 2.75) is 38.2 Å². The van der Waals surface area contributed by atoms with Gasteiger partial charge in [-0.1, -0.05) is 35.7 Å². The Morgan fingerprint density at radius 3 is 3.00 bits per heavy atom. The number of hydrogen-bond donors (Lipinski definition) is 2. The van der Waals surface area contributed by atoms with Gasteiger partial charge in [-0.15, -0.1) is 0 Å². The third kappa shape index (κ3) is 3.58. The molecule has 1 saturated carbocycles. The van der Waals surface area contributed by atoms with Gasteiger partial charge in [0.15, 0.2) is 0 Å². The van der Waals surface area contributed by atoms with E-state index in [2.05, 4.69) is 28.2 Å². The molecule has 3 nitrogen and oxygen atoms in total. The van der Waals surface area contributed by atoms with E-state index in [1.54, 1.807) is 0 Å². The first kappa shape index (κ1) is 12.0. The van der Waals surface area contributed by atoms with Crippen LogP contribution in [-0.4, -0.2) is 28.5 Å². The van der Waals surface area contributed by atoms with E-state index in [0.717, 1.165) is 19.3 Å². The zero-order valence-electron chi connectivity index (χ0n) is 8.55. The predicted molar refractivity (Wildman–Crippen MR) is 59.4 cm³/mol. The summed E-state index contributed by atoms with van der Waals surface area (Å²) in [5, 5.41) is 13.2. The second kappa shape index (κ2) is 5.12. The van der Waals surface area contributed by atoms with E-state index in [9.17, 15) is 9.90 Å². The molecule has 0 bridgehead atoms. The minimum absolute atomic E-state index is 0.0587. The predicted octanol–water partition coefficient (Wildman–Crippen LogP) is 1.44. The molecule has 0 radical (unpaired) electrons. The van der Waals surface area contributed by atoms with Crippen LogP contribution in [-0.2, 0) is 4.79 Å². The van der Waals surface area contributed by atoms with Crippen LogP contribution in [0.5, 0.6) is 0 Å². The van der Waals surface area contributed by atoms with Crippen LogP contribution >= 0.6 is 15.9 Å². The number of halogens is 1. The van der Waals surface area contributed by atoms with Gasteiger partial charge in [-0.3, -0.25) is 4.79 Å². The second-order valence-electron chi connectivity index (χ2n) is 4.34. The van der Waals surface area contributed by atoms with Crippen molar-refractivity contribution < 1.29 is 9.90 Å². The lowest BCUT2D eigenvalue weighted by atomic mass is 9.79. The first-order valence-corrected chi connectivity index (χ1v) is 6.23. The lowest BCUT2D eigenvalue weighted by molar-refractivity contribution is -0.120. The molecular weight excluding hydrogens is 246 g/mol. The van der Waals surface area contributed by atoms with Crippen molar-refractivity contribution in [3.63, 3.8) is 0 Å². The van der Waals surface area contributed by atoms with E-state index in [1.807, 2.05) is 0 Å². The van der Waals surface area contributed by atoms with Crippen molar-refractivity contribution in [2.24, 2.45) is 5.92 Å². The summed E-state index contributed by atoms with van der Waals surface area (Å²) < 4.78 is 0. The van der Waals surface area contributed by atoms with Gasteiger partial charge in [0.05, 0.1) is 10.9 Å². The van der Waals surface area contributed by atoms with Crippen LogP contribution in [0.4, 0.5) is 0 Å².